The predicted octanol–water partition coefficient (Wildman–Crippen LogP) is 2.95. The summed E-state index contributed by atoms with van der Waals surface area (Å²) in [5.41, 5.74) is 2.44. The van der Waals surface area contributed by atoms with Gasteiger partial charge >= 0.3 is 5.97 Å². The van der Waals surface area contributed by atoms with Gasteiger partial charge in [0.1, 0.15) is 0 Å². The summed E-state index contributed by atoms with van der Waals surface area (Å²) < 4.78 is 5.61. The molecule has 17 heavy (non-hydrogen) atoms. The monoisotopic (exact) mass is 234 g/mol. The molecule has 0 bridgehead atoms. The molecule has 0 aliphatic carbocycles. The van der Waals surface area contributed by atoms with E-state index >= 15 is 0 Å². The van der Waals surface area contributed by atoms with Gasteiger partial charge in [0.05, 0.1) is 6.10 Å². The van der Waals surface area contributed by atoms with E-state index in [1.807, 2.05) is 0 Å². The maximum atomic E-state index is 10.4. The van der Waals surface area contributed by atoms with Crippen molar-refractivity contribution in [2.45, 2.75) is 38.2 Å². The number of carbonyl (C=O) groups is 1. The van der Waals surface area contributed by atoms with Crippen LogP contribution in [0.25, 0.3) is 0 Å². The molecule has 3 nitrogen and oxygen atoms in total. The summed E-state index contributed by atoms with van der Waals surface area (Å²) in [6.07, 6.45) is 4.30. The highest BCUT2D eigenvalue weighted by Gasteiger charge is 2.16. The number of hydrogen-bond donors (Lipinski definition) is 1. The Bertz CT molecular complexity index is 364. The first-order valence-corrected chi connectivity index (χ1v) is 6.18. The molecule has 0 saturated carbocycles. The summed E-state index contributed by atoms with van der Waals surface area (Å²) in [4.78, 5) is 10.4. The Morgan fingerprint density at radius 3 is 2.71 bits per heavy atom. The van der Waals surface area contributed by atoms with Crippen molar-refractivity contribution in [2.75, 3.05) is 6.61 Å². The third-order valence-electron chi connectivity index (χ3n) is 3.14. The lowest BCUT2D eigenvalue weighted by molar-refractivity contribution is -0.137. The van der Waals surface area contributed by atoms with Crippen molar-refractivity contribution in [1.82, 2.24) is 0 Å². The molecule has 1 unspecified atom stereocenters. The number of aryl methyl sites for hydroxylation is 1. The van der Waals surface area contributed by atoms with E-state index in [1.165, 1.54) is 11.1 Å². The van der Waals surface area contributed by atoms with Crippen LogP contribution < -0.4 is 0 Å². The summed E-state index contributed by atoms with van der Waals surface area (Å²) in [6.45, 7) is 0.866. The van der Waals surface area contributed by atoms with Gasteiger partial charge in [0.25, 0.3) is 0 Å². The standard InChI is InChI=1S/C14H18O3/c15-14(16)5-1-3-11-6-8-12(9-7-11)13-4-2-10-17-13/h6-9,13H,1-5,10H2,(H,15,16). The van der Waals surface area contributed by atoms with Crippen molar-refractivity contribution >= 4 is 5.97 Å². The van der Waals surface area contributed by atoms with Crippen LogP contribution >= 0.6 is 0 Å². The molecule has 1 aliphatic heterocycles. The predicted molar refractivity (Wildman–Crippen MR) is 64.9 cm³/mol. The summed E-state index contributed by atoms with van der Waals surface area (Å²) in [5.74, 6) is -0.721. The largest absolute Gasteiger partial charge is 0.481 e. The Kier molecular flexibility index (Phi) is 4.15. The maximum absolute atomic E-state index is 10.4. The van der Waals surface area contributed by atoms with Crippen molar-refractivity contribution in [3.05, 3.63) is 35.4 Å². The van der Waals surface area contributed by atoms with Gasteiger partial charge in [-0.05, 0) is 36.8 Å². The number of carboxylic acids is 1. The first-order valence-electron chi connectivity index (χ1n) is 6.18. The van der Waals surface area contributed by atoms with E-state index in [0.717, 1.165) is 25.9 Å². The number of hydrogen-bond acceptors (Lipinski definition) is 2. The van der Waals surface area contributed by atoms with Crippen LogP contribution in [0.5, 0.6) is 0 Å². The van der Waals surface area contributed by atoms with Gasteiger partial charge in [0.15, 0.2) is 0 Å². The van der Waals surface area contributed by atoms with Crippen molar-refractivity contribution in [2.24, 2.45) is 0 Å². The van der Waals surface area contributed by atoms with Crippen molar-refractivity contribution in [3.63, 3.8) is 0 Å². The lowest BCUT2D eigenvalue weighted by atomic mass is 10.0. The molecule has 0 aromatic heterocycles. The van der Waals surface area contributed by atoms with Gasteiger partial charge < -0.3 is 9.84 Å². The Balaban J connectivity index is 1.86. The molecule has 1 aromatic carbocycles. The second-order valence-corrected chi connectivity index (χ2v) is 4.49. The number of ether oxygens (including phenoxy) is 1. The zero-order chi connectivity index (χ0) is 12.1. The molecule has 0 spiro atoms. The summed E-state index contributed by atoms with van der Waals surface area (Å²) in [7, 11) is 0. The van der Waals surface area contributed by atoms with Crippen LogP contribution in [0.3, 0.4) is 0 Å². The molecule has 1 atom stereocenters. The molecule has 0 amide bonds. The minimum Gasteiger partial charge on any atom is -0.481 e. The van der Waals surface area contributed by atoms with E-state index in [4.69, 9.17) is 9.84 Å². The van der Waals surface area contributed by atoms with Gasteiger partial charge in [0, 0.05) is 13.0 Å². The average molecular weight is 234 g/mol. The molecule has 0 radical (unpaired) electrons. The van der Waals surface area contributed by atoms with Crippen LogP contribution in [0.2, 0.25) is 0 Å². The molecule has 92 valence electrons. The quantitative estimate of drug-likeness (QED) is 0.852. The number of benzene rings is 1. The molecule has 1 heterocycles. The van der Waals surface area contributed by atoms with Crippen LogP contribution in [-0.2, 0) is 16.0 Å². The summed E-state index contributed by atoms with van der Waals surface area (Å²) >= 11 is 0. The highest BCUT2D eigenvalue weighted by Crippen LogP contribution is 2.28. The molecule has 3 heteroatoms. The first-order chi connectivity index (χ1) is 8.25. The van der Waals surface area contributed by atoms with Crippen LogP contribution in [0.15, 0.2) is 24.3 Å². The lowest BCUT2D eigenvalue weighted by Crippen LogP contribution is -1.97. The minimum atomic E-state index is -0.721. The Morgan fingerprint density at radius 2 is 2.12 bits per heavy atom. The first kappa shape index (κ1) is 12.1. The number of rotatable bonds is 5. The third-order valence-corrected chi connectivity index (χ3v) is 3.14. The topological polar surface area (TPSA) is 46.5 Å². The highest BCUT2D eigenvalue weighted by atomic mass is 16.5. The van der Waals surface area contributed by atoms with Crippen molar-refractivity contribution < 1.29 is 14.6 Å². The summed E-state index contributed by atoms with van der Waals surface area (Å²) in [5, 5.41) is 8.56. The lowest BCUT2D eigenvalue weighted by Gasteiger charge is -2.10. The average Bonchev–Trinajstić information content (AvgIpc) is 2.83. The Labute approximate surface area is 101 Å². The van der Waals surface area contributed by atoms with Crippen LogP contribution in [0.1, 0.15) is 42.9 Å². The van der Waals surface area contributed by atoms with E-state index < -0.39 is 5.97 Å². The second kappa shape index (κ2) is 5.82. The molecule has 2 rings (SSSR count). The van der Waals surface area contributed by atoms with Gasteiger partial charge in [-0.15, -0.1) is 0 Å². The van der Waals surface area contributed by atoms with Gasteiger partial charge in [-0.3, -0.25) is 4.79 Å². The van der Waals surface area contributed by atoms with Gasteiger partial charge in [-0.1, -0.05) is 24.3 Å². The maximum Gasteiger partial charge on any atom is 0.303 e. The van der Waals surface area contributed by atoms with E-state index in [1.54, 1.807) is 0 Å². The third kappa shape index (κ3) is 3.56. The molecule has 1 N–H and O–H groups in total. The van der Waals surface area contributed by atoms with Crippen LogP contribution in [0, 0.1) is 0 Å². The minimum absolute atomic E-state index is 0.244. The SMILES string of the molecule is O=C(O)CCCc1ccc(C2CCCO2)cc1. The molecular formula is C14H18O3. The van der Waals surface area contributed by atoms with E-state index in [9.17, 15) is 4.79 Å². The molecule has 1 saturated heterocycles. The van der Waals surface area contributed by atoms with E-state index in [-0.39, 0.29) is 12.5 Å². The molecular weight excluding hydrogens is 216 g/mol. The molecule has 1 fully saturated rings. The highest BCUT2D eigenvalue weighted by molar-refractivity contribution is 5.66. The van der Waals surface area contributed by atoms with Gasteiger partial charge in [-0.25, -0.2) is 0 Å². The van der Waals surface area contributed by atoms with E-state index in [2.05, 4.69) is 24.3 Å². The second-order valence-electron chi connectivity index (χ2n) is 4.49. The molecule has 1 aromatic rings. The fraction of sp³-hybridized carbons (Fsp3) is 0.500. The Hall–Kier alpha value is -1.35. The van der Waals surface area contributed by atoms with Crippen LogP contribution in [-0.4, -0.2) is 17.7 Å². The zero-order valence-electron chi connectivity index (χ0n) is 9.89. The van der Waals surface area contributed by atoms with Gasteiger partial charge in [-0.2, -0.15) is 0 Å². The molecule has 1 aliphatic rings. The number of carboxylic acid groups (broad SMARTS) is 1. The zero-order valence-corrected chi connectivity index (χ0v) is 9.89. The van der Waals surface area contributed by atoms with Crippen molar-refractivity contribution in [1.29, 1.82) is 0 Å². The van der Waals surface area contributed by atoms with E-state index in [0.29, 0.717) is 6.42 Å². The van der Waals surface area contributed by atoms with Crippen molar-refractivity contribution in [3.8, 4) is 0 Å². The summed E-state index contributed by atoms with van der Waals surface area (Å²) in [6, 6.07) is 8.37. The Morgan fingerprint density at radius 1 is 1.35 bits per heavy atom. The normalized spacial score (nSPS) is 19.4. The number of aliphatic carboxylic acids is 1. The van der Waals surface area contributed by atoms with Crippen LogP contribution in [0.4, 0.5) is 0 Å². The smallest absolute Gasteiger partial charge is 0.303 e. The fourth-order valence-corrected chi connectivity index (χ4v) is 2.18. The van der Waals surface area contributed by atoms with Gasteiger partial charge in [0.2, 0.25) is 0 Å². The fourth-order valence-electron chi connectivity index (χ4n) is 2.18.